The minimum Gasteiger partial charge on any atom is -0.200 e. The molecule has 0 bridgehead atoms. The van der Waals surface area contributed by atoms with Crippen LogP contribution in [0.25, 0.3) is 211 Å². The van der Waals surface area contributed by atoms with Gasteiger partial charge in [0.25, 0.3) is 0 Å². The third kappa shape index (κ3) is 15.4. The number of pyridine rings is 5. The Balaban J connectivity index is 0.000000105. The highest BCUT2D eigenvalue weighted by Gasteiger charge is 2.29. The number of thiophene rings is 5. The molecule has 10 heteroatoms. The number of aryl methyl sites for hydroxylation is 17. The van der Waals surface area contributed by atoms with Crippen LogP contribution in [0.4, 0.5) is 0 Å². The molecular weight excluding hydrogens is 1700 g/mol. The van der Waals surface area contributed by atoms with Crippen LogP contribution >= 0.6 is 56.7 Å². The Bertz CT molecular complexity index is 9270. The summed E-state index contributed by atoms with van der Waals surface area (Å²) in [6.45, 7) is 12.4. The van der Waals surface area contributed by atoms with Crippen molar-refractivity contribution in [2.45, 2.75) is 82.9 Å². The summed E-state index contributed by atoms with van der Waals surface area (Å²) in [5.74, 6) is 0. The number of rotatable bonds is 5. The van der Waals surface area contributed by atoms with E-state index in [4.69, 9.17) is 12.3 Å². The number of hydrogen-bond donors (Lipinski definition) is 0. The van der Waals surface area contributed by atoms with Gasteiger partial charge in [0, 0.05) is 119 Å². The average Bonchev–Trinajstić information content (AvgIpc) is 1.58. The molecule has 0 N–H and O–H groups in total. The monoisotopic (exact) mass is 1810 g/mol. The Morgan fingerprint density at radius 2 is 0.462 bits per heavy atom. The van der Waals surface area contributed by atoms with E-state index >= 15 is 0 Å². The first kappa shape index (κ1) is 75.2. The summed E-state index contributed by atoms with van der Waals surface area (Å²) in [6, 6.07) is 104. The van der Waals surface area contributed by atoms with Crippen LogP contribution in [0.5, 0.6) is 0 Å². The third-order valence-corrected chi connectivity index (χ3v) is 32.2. The van der Waals surface area contributed by atoms with Crippen molar-refractivity contribution in [1.29, 1.82) is 0 Å². The summed E-state index contributed by atoms with van der Waals surface area (Å²) in [7, 11) is 10.2. The van der Waals surface area contributed by atoms with Gasteiger partial charge in [-0.2, -0.15) is 22.8 Å². The molecule has 0 fully saturated rings. The quantitative estimate of drug-likeness (QED) is 0.153. The van der Waals surface area contributed by atoms with Crippen molar-refractivity contribution < 1.29 is 35.2 Å². The van der Waals surface area contributed by atoms with Gasteiger partial charge in [0.2, 0.25) is 28.5 Å². The Kier molecular flexibility index (Phi) is 19.5. The minimum atomic E-state index is -2.27. The van der Waals surface area contributed by atoms with E-state index in [1.54, 1.807) is 47.2 Å². The molecule has 0 aliphatic rings. The zero-order chi connectivity index (χ0) is 98.4. The molecule has 25 rings (SSSR count). The lowest BCUT2D eigenvalue weighted by Crippen LogP contribution is -2.31. The molecule has 15 aromatic carbocycles. The lowest BCUT2D eigenvalue weighted by atomic mass is 9.98. The van der Waals surface area contributed by atoms with Crippen LogP contribution in [0.1, 0.15) is 79.1 Å². The summed E-state index contributed by atoms with van der Waals surface area (Å²) in [4.78, 5) is 0. The largest absolute Gasteiger partial charge is 0.230 e. The maximum Gasteiger partial charge on any atom is 0.230 e. The first-order valence-electron chi connectivity index (χ1n) is 49.2. The number of aromatic nitrogens is 5. The van der Waals surface area contributed by atoms with Crippen LogP contribution in [0.3, 0.4) is 0 Å². The van der Waals surface area contributed by atoms with Gasteiger partial charge in [0.05, 0.1) is 27.8 Å². The third-order valence-electron chi connectivity index (χ3n) is 26.4. The topological polar surface area (TPSA) is 19.4 Å². The maximum absolute atomic E-state index is 8.24. The van der Waals surface area contributed by atoms with Crippen molar-refractivity contribution >= 4 is 211 Å². The summed E-state index contributed by atoms with van der Waals surface area (Å²) in [5.41, 5.74) is 23.8. The van der Waals surface area contributed by atoms with E-state index in [2.05, 4.69) is 363 Å². The summed E-state index contributed by atoms with van der Waals surface area (Å²) < 4.78 is 95.4. The van der Waals surface area contributed by atoms with Crippen molar-refractivity contribution in [3.8, 4) is 56.3 Å². The van der Waals surface area contributed by atoms with Crippen LogP contribution in [-0.4, -0.2) is 0 Å². The molecule has 0 saturated carbocycles. The molecule has 0 aliphatic heterocycles. The van der Waals surface area contributed by atoms with Crippen molar-refractivity contribution in [2.24, 2.45) is 35.2 Å². The van der Waals surface area contributed by atoms with E-state index < -0.39 is 20.6 Å². The predicted molar refractivity (Wildman–Crippen MR) is 574 cm³/mol. The van der Waals surface area contributed by atoms with E-state index in [9.17, 15) is 0 Å². The molecule has 0 amide bonds. The smallest absolute Gasteiger partial charge is 0.200 e. The van der Waals surface area contributed by atoms with Gasteiger partial charge in [-0.15, -0.1) is 56.7 Å². The molecule has 132 heavy (non-hydrogen) atoms. The van der Waals surface area contributed by atoms with Crippen LogP contribution in [-0.2, 0) is 35.2 Å². The molecular formula is C122H104N5S5+5. The van der Waals surface area contributed by atoms with Gasteiger partial charge in [0.15, 0.2) is 31.0 Å². The molecule has 0 radical (unpaired) electrons. The van der Waals surface area contributed by atoms with Crippen molar-refractivity contribution in [1.82, 2.24) is 0 Å². The number of hydrogen-bond acceptors (Lipinski definition) is 5. The average molecular weight is 1810 g/mol. The zero-order valence-corrected chi connectivity index (χ0v) is 80.5. The summed E-state index contributed by atoms with van der Waals surface area (Å²) in [6.07, 6.45) is 10.1. The van der Waals surface area contributed by atoms with Gasteiger partial charge in [-0.3, -0.25) is 0 Å². The van der Waals surface area contributed by atoms with Gasteiger partial charge in [-0.05, 0) is 256 Å². The lowest BCUT2D eigenvalue weighted by Gasteiger charge is -2.08. The van der Waals surface area contributed by atoms with Gasteiger partial charge >= 0.3 is 0 Å². The highest BCUT2D eigenvalue weighted by Crippen LogP contribution is 2.48. The fourth-order valence-electron chi connectivity index (χ4n) is 19.6. The van der Waals surface area contributed by atoms with E-state index in [0.717, 1.165) is 90.1 Å². The molecule has 0 atom stereocenters. The van der Waals surface area contributed by atoms with Crippen LogP contribution < -0.4 is 22.8 Å². The highest BCUT2D eigenvalue weighted by atomic mass is 32.1. The molecule has 0 saturated heterocycles. The number of benzene rings is 15. The summed E-state index contributed by atoms with van der Waals surface area (Å²) in [5, 5.41) is 24.1. The molecule has 642 valence electrons. The summed E-state index contributed by atoms with van der Waals surface area (Å²) >= 11 is 8.98. The van der Waals surface area contributed by atoms with Crippen LogP contribution in [0.2, 0.25) is 0 Å². The molecule has 10 heterocycles. The van der Waals surface area contributed by atoms with Gasteiger partial charge in [-0.1, -0.05) is 210 Å². The molecule has 0 spiro atoms. The van der Waals surface area contributed by atoms with E-state index in [1.165, 1.54) is 171 Å². The van der Waals surface area contributed by atoms with Crippen molar-refractivity contribution in [2.75, 3.05) is 0 Å². The predicted octanol–water partition coefficient (Wildman–Crippen LogP) is 32.2. The molecule has 10 aromatic heterocycles. The SMILES string of the molecule is Cc1ccc2cc3sc4c(-c5ccccc5C)[n+](C)ccc4c3cc2c1.Cc1ccc2cc3sc4c(-c5ccccc5C)[n+](C)ccc4c3cc2c1.Cc1ccccc1-c1c2sc3cc4ccccc4cc3c2cc[n+]1C.[2H]C([2H])([2H])c1c[n+](C)c(-c2ccccc2C)c2sc3cc4ccc(C)cc4cc3c12.[2H]C([2H])([2H])c1ccc(-c2c3sc4cc5ccc(C)cc5cc4c3c(C([2H])([2H])[2H])c[n+]2C)c(C)c1. The first-order valence-corrected chi connectivity index (χ1v) is 48.8. The first-order chi connectivity index (χ1) is 67.5. The molecule has 5 nitrogen and oxygen atoms in total. The second-order valence-corrected chi connectivity index (χ2v) is 41.0. The Morgan fingerprint density at radius 3 is 0.780 bits per heavy atom. The van der Waals surface area contributed by atoms with Crippen LogP contribution in [0.15, 0.2) is 322 Å². The van der Waals surface area contributed by atoms with E-state index in [0.29, 0.717) is 16.7 Å². The molecule has 0 aliphatic carbocycles. The minimum absolute atomic E-state index is 0.296. The number of fused-ring (bicyclic) bond motifs is 20. The fourth-order valence-corrected chi connectivity index (χ4v) is 26.3. The highest BCUT2D eigenvalue weighted by molar-refractivity contribution is 7.28. The Labute approximate surface area is 803 Å². The fraction of sp³-hybridized carbons (Fsp3) is 0.139. The normalized spacial score (nSPS) is 13.0. The zero-order valence-electron chi connectivity index (χ0n) is 85.4. The van der Waals surface area contributed by atoms with E-state index in [-0.39, 0.29) is 0 Å². The van der Waals surface area contributed by atoms with Gasteiger partial charge in [-0.25, -0.2) is 0 Å². The van der Waals surface area contributed by atoms with Crippen molar-refractivity contribution in [3.05, 3.63) is 389 Å². The molecule has 25 aromatic rings. The number of nitrogens with zero attached hydrogens (tertiary/aromatic N) is 5. The maximum atomic E-state index is 8.24. The second-order valence-electron chi connectivity index (χ2n) is 35.8. The Morgan fingerprint density at radius 1 is 0.197 bits per heavy atom. The lowest BCUT2D eigenvalue weighted by molar-refractivity contribution is -0.659. The van der Waals surface area contributed by atoms with E-state index in [1.807, 2.05) is 89.3 Å². The van der Waals surface area contributed by atoms with Gasteiger partial charge < -0.3 is 0 Å². The van der Waals surface area contributed by atoms with Crippen LogP contribution in [0, 0.1) is 82.9 Å². The van der Waals surface area contributed by atoms with Crippen molar-refractivity contribution in [3.63, 3.8) is 0 Å². The standard InChI is InChI=1S/C26H24NS.C25H22NS.2C24H20NS.C23H18NS/c1-15-7-9-21(17(3)10-15)25-26-24(18(4)14-27(25)5)22-12-20-11-16(2)6-8-19(20)13-23(22)28-26;1-15-9-10-18-13-22-21(12-19(18)11-15)23-17(3)14-26(4)24(25(23)27-22)20-8-6-5-7-16(20)2;2*1-15-8-9-17-14-22-21(13-18(17)12-15)20-10-11-25(3)23(24(20)26-22)19-7-5-4-6-16(19)2;1-15-7-3-6-10-18(15)22-23-19(11-12-24(22)2)20-13-16-8-4-5-9-17(16)14-21(20)25-23/h6-14H,1-5H3;5-14H,1-4H3;2*4-14H,1-3H3;3-14H,1-2H3/q5*+1/i1D3,4D3;3D3;;;. The Hall–Kier alpha value is -13.6. The second kappa shape index (κ2) is 34.3. The molecule has 0 unspecified atom stereocenters. The van der Waals surface area contributed by atoms with Gasteiger partial charge in [0.1, 0.15) is 58.7 Å².